The maximum absolute atomic E-state index is 5.47. The lowest BCUT2D eigenvalue weighted by atomic mass is 10.1. The Morgan fingerprint density at radius 1 is 1.00 bits per heavy atom. The Balaban J connectivity index is 1.34. The van der Waals surface area contributed by atoms with Gasteiger partial charge in [-0.1, -0.05) is 25.0 Å². The summed E-state index contributed by atoms with van der Waals surface area (Å²) < 4.78 is 7.65. The second-order valence-electron chi connectivity index (χ2n) is 8.74. The number of fused-ring (bicyclic) bond motifs is 3. The SMILES string of the molecule is Cc1cc(Nc2ncc3ccc4cnn(C5CCCC5)c4c3n2)ncc1N1CCOCC1. The standard InChI is InChI=1S/C24H27N7O/c1-16-12-21(25-15-20(16)30-8-10-32-11-9-30)28-24-26-13-17-6-7-18-14-27-31(19-4-2-3-5-19)23(18)22(17)29-24/h6-7,12-15,19H,2-5,8-11H2,1H3,(H,25,26,28,29). The minimum absolute atomic E-state index is 0.460. The van der Waals surface area contributed by atoms with Crippen LogP contribution in [0, 0.1) is 6.92 Å². The summed E-state index contributed by atoms with van der Waals surface area (Å²) in [6.07, 6.45) is 10.7. The van der Waals surface area contributed by atoms with E-state index >= 15 is 0 Å². The van der Waals surface area contributed by atoms with Crippen LogP contribution in [0.4, 0.5) is 17.5 Å². The number of anilines is 3. The molecule has 3 aromatic heterocycles. The third-order valence-corrected chi connectivity index (χ3v) is 6.65. The van der Waals surface area contributed by atoms with E-state index in [1.165, 1.54) is 31.2 Å². The van der Waals surface area contributed by atoms with Crippen molar-refractivity contribution in [3.05, 3.63) is 42.4 Å². The van der Waals surface area contributed by atoms with Gasteiger partial charge in [0.05, 0.1) is 42.9 Å². The smallest absolute Gasteiger partial charge is 0.228 e. The molecule has 0 amide bonds. The Labute approximate surface area is 186 Å². The molecule has 0 spiro atoms. The summed E-state index contributed by atoms with van der Waals surface area (Å²) in [5, 5.41) is 10.2. The van der Waals surface area contributed by atoms with Crippen molar-refractivity contribution in [3.63, 3.8) is 0 Å². The van der Waals surface area contributed by atoms with Crippen LogP contribution in [0.2, 0.25) is 0 Å². The van der Waals surface area contributed by atoms with Gasteiger partial charge >= 0.3 is 0 Å². The van der Waals surface area contributed by atoms with E-state index in [9.17, 15) is 0 Å². The van der Waals surface area contributed by atoms with Crippen molar-refractivity contribution in [3.8, 4) is 0 Å². The monoisotopic (exact) mass is 429 g/mol. The number of nitrogens with zero attached hydrogens (tertiary/aromatic N) is 6. The number of nitrogens with one attached hydrogen (secondary N) is 1. The maximum Gasteiger partial charge on any atom is 0.228 e. The lowest BCUT2D eigenvalue weighted by Crippen LogP contribution is -2.36. The number of rotatable bonds is 4. The molecule has 0 unspecified atom stereocenters. The lowest BCUT2D eigenvalue weighted by molar-refractivity contribution is 0.122. The van der Waals surface area contributed by atoms with Crippen LogP contribution in [-0.4, -0.2) is 51.0 Å². The van der Waals surface area contributed by atoms with Crippen LogP contribution < -0.4 is 10.2 Å². The molecule has 32 heavy (non-hydrogen) atoms. The molecule has 1 N–H and O–H groups in total. The fourth-order valence-corrected chi connectivity index (χ4v) is 4.98. The summed E-state index contributed by atoms with van der Waals surface area (Å²) in [7, 11) is 0. The van der Waals surface area contributed by atoms with Gasteiger partial charge in [-0.2, -0.15) is 5.10 Å². The molecule has 164 valence electrons. The normalized spacial score (nSPS) is 17.5. The molecule has 0 atom stereocenters. The second kappa shape index (κ2) is 8.02. The number of aromatic nitrogens is 5. The van der Waals surface area contributed by atoms with Crippen LogP contribution in [0.3, 0.4) is 0 Å². The van der Waals surface area contributed by atoms with Gasteiger partial charge in [0.2, 0.25) is 5.95 Å². The summed E-state index contributed by atoms with van der Waals surface area (Å²) in [5.41, 5.74) is 4.37. The Bertz CT molecular complexity index is 1270. The zero-order chi connectivity index (χ0) is 21.5. The Morgan fingerprint density at radius 2 is 1.81 bits per heavy atom. The van der Waals surface area contributed by atoms with E-state index in [4.69, 9.17) is 14.8 Å². The lowest BCUT2D eigenvalue weighted by Gasteiger charge is -2.29. The van der Waals surface area contributed by atoms with Gasteiger partial charge in [-0.25, -0.2) is 15.0 Å². The molecule has 1 aliphatic carbocycles. The number of hydrogen-bond donors (Lipinski definition) is 1. The quantitative estimate of drug-likeness (QED) is 0.516. The van der Waals surface area contributed by atoms with E-state index in [1.807, 2.05) is 18.6 Å². The molecule has 8 heteroatoms. The average molecular weight is 430 g/mol. The minimum atomic E-state index is 0.460. The number of benzene rings is 1. The third-order valence-electron chi connectivity index (χ3n) is 6.65. The molecule has 1 aromatic carbocycles. The Hall–Kier alpha value is -3.26. The molecule has 0 radical (unpaired) electrons. The van der Waals surface area contributed by atoms with Crippen molar-refractivity contribution in [2.45, 2.75) is 38.6 Å². The highest BCUT2D eigenvalue weighted by molar-refractivity contribution is 6.03. The average Bonchev–Trinajstić information content (AvgIpc) is 3.50. The van der Waals surface area contributed by atoms with Gasteiger partial charge in [-0.3, -0.25) is 4.68 Å². The van der Waals surface area contributed by atoms with E-state index in [1.54, 1.807) is 0 Å². The van der Waals surface area contributed by atoms with Crippen molar-refractivity contribution < 1.29 is 4.74 Å². The summed E-state index contributed by atoms with van der Waals surface area (Å²) in [4.78, 5) is 16.4. The maximum atomic E-state index is 5.47. The molecular formula is C24H27N7O. The van der Waals surface area contributed by atoms with Crippen LogP contribution in [-0.2, 0) is 4.74 Å². The number of ether oxygens (including phenoxy) is 1. The van der Waals surface area contributed by atoms with E-state index in [0.29, 0.717) is 12.0 Å². The van der Waals surface area contributed by atoms with E-state index in [-0.39, 0.29) is 0 Å². The van der Waals surface area contributed by atoms with Crippen molar-refractivity contribution in [2.24, 2.45) is 0 Å². The molecule has 4 heterocycles. The van der Waals surface area contributed by atoms with Crippen LogP contribution in [0.1, 0.15) is 37.3 Å². The molecule has 1 aliphatic heterocycles. The predicted molar refractivity (Wildman–Crippen MR) is 126 cm³/mol. The van der Waals surface area contributed by atoms with Gasteiger partial charge in [-0.05, 0) is 31.4 Å². The topological polar surface area (TPSA) is 81.0 Å². The molecule has 8 nitrogen and oxygen atoms in total. The molecule has 2 fully saturated rings. The van der Waals surface area contributed by atoms with Gasteiger partial charge < -0.3 is 15.0 Å². The summed E-state index contributed by atoms with van der Waals surface area (Å²) in [6, 6.07) is 6.70. The number of pyridine rings is 1. The molecule has 1 saturated carbocycles. The zero-order valence-electron chi connectivity index (χ0n) is 18.3. The number of morpholine rings is 1. The molecule has 1 saturated heterocycles. The van der Waals surface area contributed by atoms with Gasteiger partial charge in [0.15, 0.2) is 0 Å². The van der Waals surface area contributed by atoms with E-state index < -0.39 is 0 Å². The first kappa shape index (κ1) is 19.4. The summed E-state index contributed by atoms with van der Waals surface area (Å²) >= 11 is 0. The summed E-state index contributed by atoms with van der Waals surface area (Å²) in [5.74, 6) is 1.30. The van der Waals surface area contributed by atoms with E-state index in [0.717, 1.165) is 59.6 Å². The Morgan fingerprint density at radius 3 is 2.62 bits per heavy atom. The van der Waals surface area contributed by atoms with Crippen LogP contribution in [0.25, 0.3) is 21.8 Å². The van der Waals surface area contributed by atoms with Crippen molar-refractivity contribution in [1.82, 2.24) is 24.7 Å². The fraction of sp³-hybridized carbons (Fsp3) is 0.417. The highest BCUT2D eigenvalue weighted by Crippen LogP contribution is 2.34. The minimum Gasteiger partial charge on any atom is -0.378 e. The number of hydrogen-bond acceptors (Lipinski definition) is 7. The van der Waals surface area contributed by atoms with Gasteiger partial charge in [0.1, 0.15) is 11.3 Å². The first-order valence-electron chi connectivity index (χ1n) is 11.5. The first-order valence-corrected chi connectivity index (χ1v) is 11.5. The second-order valence-corrected chi connectivity index (χ2v) is 8.74. The van der Waals surface area contributed by atoms with Crippen LogP contribution >= 0.6 is 0 Å². The molecule has 0 bridgehead atoms. The molecule has 2 aliphatic rings. The van der Waals surface area contributed by atoms with Gasteiger partial charge in [0, 0.05) is 30.1 Å². The van der Waals surface area contributed by atoms with Crippen LogP contribution in [0.5, 0.6) is 0 Å². The summed E-state index contributed by atoms with van der Waals surface area (Å²) in [6.45, 7) is 5.43. The molecule has 4 aromatic rings. The highest BCUT2D eigenvalue weighted by Gasteiger charge is 2.21. The van der Waals surface area contributed by atoms with Crippen molar-refractivity contribution in [1.29, 1.82) is 0 Å². The number of aryl methyl sites for hydroxylation is 1. The first-order chi connectivity index (χ1) is 15.8. The van der Waals surface area contributed by atoms with E-state index in [2.05, 4.69) is 50.0 Å². The van der Waals surface area contributed by atoms with Gasteiger partial charge in [-0.15, -0.1) is 0 Å². The van der Waals surface area contributed by atoms with Gasteiger partial charge in [0.25, 0.3) is 0 Å². The fourth-order valence-electron chi connectivity index (χ4n) is 4.98. The predicted octanol–water partition coefficient (Wildman–Crippen LogP) is 4.38. The molecular weight excluding hydrogens is 402 g/mol. The molecule has 6 rings (SSSR count). The zero-order valence-corrected chi connectivity index (χ0v) is 18.3. The Kier molecular flexibility index (Phi) is 4.87. The largest absolute Gasteiger partial charge is 0.378 e. The van der Waals surface area contributed by atoms with Crippen LogP contribution in [0.15, 0.2) is 36.8 Å². The van der Waals surface area contributed by atoms with Crippen molar-refractivity contribution in [2.75, 3.05) is 36.5 Å². The third kappa shape index (κ3) is 3.44. The van der Waals surface area contributed by atoms with Crippen molar-refractivity contribution >= 4 is 39.3 Å². The highest BCUT2D eigenvalue weighted by atomic mass is 16.5.